The van der Waals surface area contributed by atoms with Crippen molar-refractivity contribution in [1.82, 2.24) is 19.9 Å². The molecule has 0 saturated heterocycles. The largest absolute Gasteiger partial charge is 0.496 e. The predicted molar refractivity (Wildman–Crippen MR) is 98.2 cm³/mol. The number of hydrogen-bond acceptors (Lipinski definition) is 7. The zero-order valence-electron chi connectivity index (χ0n) is 14.9. The van der Waals surface area contributed by atoms with Gasteiger partial charge in [-0.1, -0.05) is 29.1 Å². The van der Waals surface area contributed by atoms with Crippen molar-refractivity contribution in [3.05, 3.63) is 36.1 Å². The number of carbonyl (C=O) groups is 1. The van der Waals surface area contributed by atoms with Crippen LogP contribution in [0.2, 0.25) is 0 Å². The van der Waals surface area contributed by atoms with Crippen LogP contribution in [-0.2, 0) is 11.8 Å². The number of methoxy groups -OCH3 is 1. The van der Waals surface area contributed by atoms with Crippen molar-refractivity contribution < 1.29 is 14.1 Å². The summed E-state index contributed by atoms with van der Waals surface area (Å²) in [5.74, 6) is 2.23. The molecule has 3 aromatic rings. The summed E-state index contributed by atoms with van der Waals surface area (Å²) >= 11 is 1.31. The van der Waals surface area contributed by atoms with E-state index in [0.29, 0.717) is 28.3 Å². The van der Waals surface area contributed by atoms with Crippen LogP contribution >= 0.6 is 11.8 Å². The fourth-order valence-electron chi connectivity index (χ4n) is 2.35. The molecule has 3 rings (SSSR count). The van der Waals surface area contributed by atoms with Crippen molar-refractivity contribution in [2.45, 2.75) is 24.3 Å². The number of para-hydroxylation sites is 1. The molecule has 0 unspecified atom stereocenters. The zero-order chi connectivity index (χ0) is 18.7. The normalized spacial score (nSPS) is 12.0. The molecule has 1 amide bonds. The fraction of sp³-hybridized carbons (Fsp3) is 0.294. The number of nitrogens with zero attached hydrogens (tertiary/aromatic N) is 4. The van der Waals surface area contributed by atoms with E-state index < -0.39 is 0 Å². The first kappa shape index (κ1) is 18.0. The van der Waals surface area contributed by atoms with Gasteiger partial charge in [-0.25, -0.2) is 0 Å². The first-order valence-electron chi connectivity index (χ1n) is 7.93. The smallest absolute Gasteiger partial charge is 0.238 e. The number of amides is 1. The second kappa shape index (κ2) is 7.61. The lowest BCUT2D eigenvalue weighted by Crippen LogP contribution is -2.23. The third kappa shape index (κ3) is 3.72. The van der Waals surface area contributed by atoms with E-state index in [1.165, 1.54) is 11.8 Å². The number of thioether (sulfide) groups is 1. The minimum atomic E-state index is -0.388. The molecular formula is C17H19N5O3S. The van der Waals surface area contributed by atoms with Crippen LogP contribution in [0, 0.1) is 6.92 Å². The highest BCUT2D eigenvalue weighted by Crippen LogP contribution is 2.31. The van der Waals surface area contributed by atoms with Crippen molar-refractivity contribution in [2.75, 3.05) is 12.4 Å². The van der Waals surface area contributed by atoms with E-state index >= 15 is 0 Å². The summed E-state index contributed by atoms with van der Waals surface area (Å²) < 4.78 is 12.2. The molecule has 0 aliphatic heterocycles. The summed E-state index contributed by atoms with van der Waals surface area (Å²) in [5, 5.41) is 15.2. The molecule has 0 aliphatic carbocycles. The van der Waals surface area contributed by atoms with E-state index in [0.717, 1.165) is 5.56 Å². The second-order valence-electron chi connectivity index (χ2n) is 5.64. The van der Waals surface area contributed by atoms with Gasteiger partial charge < -0.3 is 19.1 Å². The Morgan fingerprint density at radius 3 is 2.81 bits per heavy atom. The molecule has 2 heterocycles. The molecule has 0 saturated carbocycles. The van der Waals surface area contributed by atoms with Crippen LogP contribution in [0.5, 0.6) is 5.75 Å². The lowest BCUT2D eigenvalue weighted by Gasteiger charge is -2.11. The van der Waals surface area contributed by atoms with Gasteiger partial charge >= 0.3 is 0 Å². The van der Waals surface area contributed by atoms with Gasteiger partial charge in [0.05, 0.1) is 17.9 Å². The Kier molecular flexibility index (Phi) is 5.27. The van der Waals surface area contributed by atoms with Crippen LogP contribution in [0.4, 0.5) is 5.82 Å². The average Bonchev–Trinajstić information content (AvgIpc) is 3.20. The first-order valence-corrected chi connectivity index (χ1v) is 8.81. The Morgan fingerprint density at radius 2 is 2.12 bits per heavy atom. The molecule has 0 radical (unpaired) electrons. The van der Waals surface area contributed by atoms with E-state index in [2.05, 4.69) is 20.7 Å². The molecule has 0 spiro atoms. The Hall–Kier alpha value is -2.81. The van der Waals surface area contributed by atoms with E-state index in [4.69, 9.17) is 9.26 Å². The molecule has 2 aromatic heterocycles. The molecule has 0 aliphatic rings. The van der Waals surface area contributed by atoms with Crippen LogP contribution in [-0.4, -0.2) is 38.2 Å². The minimum absolute atomic E-state index is 0.190. The highest BCUT2D eigenvalue weighted by molar-refractivity contribution is 8.00. The second-order valence-corrected chi connectivity index (χ2v) is 6.95. The van der Waals surface area contributed by atoms with Crippen LogP contribution in [0.1, 0.15) is 12.7 Å². The summed E-state index contributed by atoms with van der Waals surface area (Å²) in [4.78, 5) is 12.3. The van der Waals surface area contributed by atoms with Crippen LogP contribution in [0.25, 0.3) is 11.4 Å². The Labute approximate surface area is 154 Å². The number of aryl methyl sites for hydroxylation is 1. The molecule has 9 heteroatoms. The molecule has 1 aromatic carbocycles. The van der Waals surface area contributed by atoms with Crippen molar-refractivity contribution >= 4 is 23.5 Å². The third-order valence-corrected chi connectivity index (χ3v) is 4.85. The fourth-order valence-corrected chi connectivity index (χ4v) is 3.16. The Bertz CT molecular complexity index is 921. The zero-order valence-corrected chi connectivity index (χ0v) is 15.7. The number of carbonyl (C=O) groups excluding carboxylic acids is 1. The quantitative estimate of drug-likeness (QED) is 0.664. The molecule has 136 valence electrons. The number of nitrogens with one attached hydrogen (secondary N) is 1. The highest BCUT2D eigenvalue weighted by atomic mass is 32.2. The maximum atomic E-state index is 12.3. The lowest BCUT2D eigenvalue weighted by molar-refractivity contribution is -0.115. The first-order chi connectivity index (χ1) is 12.5. The molecular weight excluding hydrogens is 354 g/mol. The topological polar surface area (TPSA) is 95.1 Å². The summed E-state index contributed by atoms with van der Waals surface area (Å²) in [6.45, 7) is 3.56. The maximum Gasteiger partial charge on any atom is 0.238 e. The van der Waals surface area contributed by atoms with Gasteiger partial charge in [0.25, 0.3) is 0 Å². The van der Waals surface area contributed by atoms with Crippen LogP contribution in [0.15, 0.2) is 40.0 Å². The van der Waals surface area contributed by atoms with Gasteiger partial charge in [-0.2, -0.15) is 0 Å². The molecule has 0 fully saturated rings. The predicted octanol–water partition coefficient (Wildman–Crippen LogP) is 2.91. The summed E-state index contributed by atoms with van der Waals surface area (Å²) in [5.41, 5.74) is 0.840. The molecule has 8 nitrogen and oxygen atoms in total. The van der Waals surface area contributed by atoms with Crippen LogP contribution < -0.4 is 10.1 Å². The van der Waals surface area contributed by atoms with Gasteiger partial charge in [0.15, 0.2) is 16.8 Å². The number of anilines is 1. The van der Waals surface area contributed by atoms with Crippen molar-refractivity contribution in [1.29, 1.82) is 0 Å². The van der Waals surface area contributed by atoms with Gasteiger partial charge in [-0.05, 0) is 26.0 Å². The average molecular weight is 373 g/mol. The Morgan fingerprint density at radius 1 is 1.35 bits per heavy atom. The van der Waals surface area contributed by atoms with E-state index in [-0.39, 0.29) is 11.2 Å². The SMILES string of the molecule is COc1ccccc1-c1nnc(S[C@H](C)C(=O)Nc2cc(C)on2)n1C. The number of aromatic nitrogens is 4. The highest BCUT2D eigenvalue weighted by Gasteiger charge is 2.21. The number of rotatable bonds is 6. The maximum absolute atomic E-state index is 12.3. The van der Waals surface area contributed by atoms with Crippen molar-refractivity contribution in [3.63, 3.8) is 0 Å². The molecule has 26 heavy (non-hydrogen) atoms. The number of hydrogen-bond donors (Lipinski definition) is 1. The third-order valence-electron chi connectivity index (χ3n) is 3.71. The van der Waals surface area contributed by atoms with Gasteiger partial charge in [-0.3, -0.25) is 4.79 Å². The van der Waals surface area contributed by atoms with Crippen LogP contribution in [0.3, 0.4) is 0 Å². The molecule has 1 N–H and O–H groups in total. The van der Waals surface area contributed by atoms with Crippen molar-refractivity contribution in [3.8, 4) is 17.1 Å². The standard InChI is InChI=1S/C17H19N5O3S/c1-10-9-14(21-25-10)18-16(23)11(2)26-17-20-19-15(22(17)3)12-7-5-6-8-13(12)24-4/h5-9,11H,1-4H3,(H,18,21,23)/t11-/m1/s1. The van der Waals surface area contributed by atoms with E-state index in [1.54, 1.807) is 27.0 Å². The van der Waals surface area contributed by atoms with Gasteiger partial charge in [0.2, 0.25) is 5.91 Å². The van der Waals surface area contributed by atoms with E-state index in [1.807, 2.05) is 35.9 Å². The van der Waals surface area contributed by atoms with Gasteiger partial charge in [0.1, 0.15) is 11.5 Å². The Balaban J connectivity index is 1.74. The lowest BCUT2D eigenvalue weighted by atomic mass is 10.2. The monoisotopic (exact) mass is 373 g/mol. The number of ether oxygens (including phenoxy) is 1. The van der Waals surface area contributed by atoms with E-state index in [9.17, 15) is 4.79 Å². The minimum Gasteiger partial charge on any atom is -0.496 e. The number of benzene rings is 1. The molecule has 0 bridgehead atoms. The van der Waals surface area contributed by atoms with Gasteiger partial charge in [-0.15, -0.1) is 10.2 Å². The molecule has 1 atom stereocenters. The van der Waals surface area contributed by atoms with Gasteiger partial charge in [0, 0.05) is 13.1 Å². The summed E-state index contributed by atoms with van der Waals surface area (Å²) in [6.07, 6.45) is 0. The van der Waals surface area contributed by atoms with Crippen molar-refractivity contribution in [2.24, 2.45) is 7.05 Å². The summed E-state index contributed by atoms with van der Waals surface area (Å²) in [6, 6.07) is 9.26. The summed E-state index contributed by atoms with van der Waals surface area (Å²) in [7, 11) is 3.47.